The summed E-state index contributed by atoms with van der Waals surface area (Å²) in [6.45, 7) is 8.25. The predicted molar refractivity (Wildman–Crippen MR) is 44.7 cm³/mol. The van der Waals surface area contributed by atoms with Crippen LogP contribution in [0.5, 0.6) is 0 Å². The van der Waals surface area contributed by atoms with Crippen LogP contribution in [0.4, 0.5) is 0 Å². The number of carbonyl (C=O) groups is 1. The molecule has 0 aromatic carbocycles. The standard InChI is InChI=1S/C9H16O3/c1-5-11-8(10)7-9(4,12-7)6(2)3/h6-7H,5H2,1-4H3. The molecule has 2 unspecified atom stereocenters. The summed E-state index contributed by atoms with van der Waals surface area (Å²) in [6.07, 6.45) is -0.336. The Bertz CT molecular complexity index is 188. The zero-order chi connectivity index (χ0) is 9.35. The molecule has 0 aromatic rings. The Hall–Kier alpha value is -0.570. The van der Waals surface area contributed by atoms with Gasteiger partial charge in [-0.05, 0) is 19.8 Å². The van der Waals surface area contributed by atoms with Crippen LogP contribution >= 0.6 is 0 Å². The molecule has 0 saturated carbocycles. The van der Waals surface area contributed by atoms with E-state index in [0.29, 0.717) is 12.5 Å². The van der Waals surface area contributed by atoms with E-state index in [1.54, 1.807) is 6.92 Å². The second-order valence-electron chi connectivity index (χ2n) is 3.59. The average molecular weight is 172 g/mol. The first-order valence-corrected chi connectivity index (χ1v) is 4.36. The van der Waals surface area contributed by atoms with Crippen molar-refractivity contribution in [2.45, 2.75) is 39.4 Å². The third kappa shape index (κ3) is 1.46. The van der Waals surface area contributed by atoms with Gasteiger partial charge in [-0.2, -0.15) is 0 Å². The van der Waals surface area contributed by atoms with Gasteiger partial charge in [0, 0.05) is 0 Å². The van der Waals surface area contributed by atoms with Crippen molar-refractivity contribution in [1.29, 1.82) is 0 Å². The maximum absolute atomic E-state index is 11.2. The summed E-state index contributed by atoms with van der Waals surface area (Å²) in [5, 5.41) is 0. The largest absolute Gasteiger partial charge is 0.464 e. The van der Waals surface area contributed by atoms with Crippen LogP contribution in [0.3, 0.4) is 0 Å². The minimum Gasteiger partial charge on any atom is -0.464 e. The molecular weight excluding hydrogens is 156 g/mol. The average Bonchev–Trinajstić information content (AvgIpc) is 2.65. The Morgan fingerprint density at radius 2 is 2.25 bits per heavy atom. The number of ether oxygens (including phenoxy) is 2. The number of hydrogen-bond donors (Lipinski definition) is 0. The first-order valence-electron chi connectivity index (χ1n) is 4.36. The third-order valence-corrected chi connectivity index (χ3v) is 2.48. The summed E-state index contributed by atoms with van der Waals surface area (Å²) < 4.78 is 10.2. The van der Waals surface area contributed by atoms with Crippen LogP contribution in [0.25, 0.3) is 0 Å². The van der Waals surface area contributed by atoms with E-state index in [4.69, 9.17) is 9.47 Å². The smallest absolute Gasteiger partial charge is 0.338 e. The molecule has 3 heteroatoms. The van der Waals surface area contributed by atoms with E-state index in [-0.39, 0.29) is 17.7 Å². The molecule has 0 amide bonds. The fourth-order valence-corrected chi connectivity index (χ4v) is 1.16. The fraction of sp³-hybridized carbons (Fsp3) is 0.889. The Balaban J connectivity index is 2.45. The lowest BCUT2D eigenvalue weighted by atomic mass is 9.94. The highest BCUT2D eigenvalue weighted by Gasteiger charge is 2.59. The number of esters is 1. The lowest BCUT2D eigenvalue weighted by Crippen LogP contribution is -2.24. The minimum atomic E-state index is -0.336. The SMILES string of the molecule is CCOC(=O)C1OC1(C)C(C)C. The second-order valence-corrected chi connectivity index (χ2v) is 3.59. The van der Waals surface area contributed by atoms with Gasteiger partial charge in [-0.15, -0.1) is 0 Å². The van der Waals surface area contributed by atoms with Gasteiger partial charge in [-0.3, -0.25) is 0 Å². The molecule has 1 saturated heterocycles. The van der Waals surface area contributed by atoms with Gasteiger partial charge < -0.3 is 9.47 Å². The summed E-state index contributed by atoms with van der Waals surface area (Å²) in [6, 6.07) is 0. The summed E-state index contributed by atoms with van der Waals surface area (Å²) >= 11 is 0. The highest BCUT2D eigenvalue weighted by atomic mass is 16.7. The highest BCUT2D eigenvalue weighted by Crippen LogP contribution is 2.43. The fourth-order valence-electron chi connectivity index (χ4n) is 1.16. The van der Waals surface area contributed by atoms with Gasteiger partial charge >= 0.3 is 5.97 Å². The number of carbonyl (C=O) groups excluding carboxylic acids is 1. The van der Waals surface area contributed by atoms with Crippen molar-refractivity contribution < 1.29 is 14.3 Å². The van der Waals surface area contributed by atoms with Crippen molar-refractivity contribution >= 4 is 5.97 Å². The van der Waals surface area contributed by atoms with Crippen molar-refractivity contribution in [3.63, 3.8) is 0 Å². The van der Waals surface area contributed by atoms with Crippen LogP contribution in [0.2, 0.25) is 0 Å². The molecule has 3 nitrogen and oxygen atoms in total. The first-order chi connectivity index (χ1) is 5.52. The number of rotatable bonds is 3. The molecule has 0 spiro atoms. The Labute approximate surface area is 73.0 Å². The quantitative estimate of drug-likeness (QED) is 0.476. The van der Waals surface area contributed by atoms with E-state index in [1.807, 2.05) is 20.8 Å². The summed E-state index contributed by atoms with van der Waals surface area (Å²) in [5.74, 6) is 0.126. The molecule has 1 heterocycles. The van der Waals surface area contributed by atoms with E-state index in [1.165, 1.54) is 0 Å². The monoisotopic (exact) mass is 172 g/mol. The van der Waals surface area contributed by atoms with Crippen molar-refractivity contribution in [2.24, 2.45) is 5.92 Å². The van der Waals surface area contributed by atoms with Crippen LogP contribution in [0.15, 0.2) is 0 Å². The van der Waals surface area contributed by atoms with Gasteiger partial charge in [0.15, 0.2) is 6.10 Å². The minimum absolute atomic E-state index is 0.228. The van der Waals surface area contributed by atoms with Crippen molar-refractivity contribution in [3.8, 4) is 0 Å². The van der Waals surface area contributed by atoms with E-state index in [0.717, 1.165) is 0 Å². The van der Waals surface area contributed by atoms with Crippen molar-refractivity contribution in [3.05, 3.63) is 0 Å². The first kappa shape index (κ1) is 9.52. The predicted octanol–water partition coefficient (Wildman–Crippen LogP) is 1.36. The van der Waals surface area contributed by atoms with E-state index < -0.39 is 0 Å². The van der Waals surface area contributed by atoms with Crippen molar-refractivity contribution in [2.75, 3.05) is 6.61 Å². The molecular formula is C9H16O3. The van der Waals surface area contributed by atoms with E-state index in [9.17, 15) is 4.79 Å². The van der Waals surface area contributed by atoms with Gasteiger partial charge in [0.2, 0.25) is 0 Å². The Morgan fingerprint density at radius 3 is 2.58 bits per heavy atom. The van der Waals surface area contributed by atoms with Gasteiger partial charge in [0.25, 0.3) is 0 Å². The van der Waals surface area contributed by atoms with Gasteiger partial charge in [0.1, 0.15) is 5.60 Å². The maximum Gasteiger partial charge on any atom is 0.338 e. The van der Waals surface area contributed by atoms with Crippen LogP contribution < -0.4 is 0 Å². The Morgan fingerprint density at radius 1 is 1.67 bits per heavy atom. The number of epoxide rings is 1. The normalized spacial score (nSPS) is 33.6. The van der Waals surface area contributed by atoms with Crippen LogP contribution in [-0.4, -0.2) is 24.3 Å². The molecule has 1 fully saturated rings. The van der Waals surface area contributed by atoms with Crippen molar-refractivity contribution in [1.82, 2.24) is 0 Å². The second kappa shape index (κ2) is 3.05. The Kier molecular flexibility index (Phi) is 2.42. The molecule has 0 radical (unpaired) electrons. The van der Waals surface area contributed by atoms with E-state index >= 15 is 0 Å². The molecule has 1 aliphatic heterocycles. The van der Waals surface area contributed by atoms with Crippen LogP contribution in [0, 0.1) is 5.92 Å². The van der Waals surface area contributed by atoms with Crippen LogP contribution in [0.1, 0.15) is 27.7 Å². The summed E-state index contributed by atoms with van der Waals surface area (Å²) in [4.78, 5) is 11.2. The molecule has 0 aliphatic carbocycles. The molecule has 0 N–H and O–H groups in total. The molecule has 0 bridgehead atoms. The highest BCUT2D eigenvalue weighted by molar-refractivity contribution is 5.79. The summed E-state index contributed by atoms with van der Waals surface area (Å²) in [7, 11) is 0. The van der Waals surface area contributed by atoms with Gasteiger partial charge in [-0.1, -0.05) is 13.8 Å². The third-order valence-electron chi connectivity index (χ3n) is 2.48. The topological polar surface area (TPSA) is 38.8 Å². The molecule has 2 atom stereocenters. The molecule has 1 aliphatic rings. The molecule has 70 valence electrons. The summed E-state index contributed by atoms with van der Waals surface area (Å²) in [5.41, 5.74) is -0.285. The molecule has 0 aromatic heterocycles. The lowest BCUT2D eigenvalue weighted by molar-refractivity contribution is -0.144. The molecule has 1 rings (SSSR count). The lowest BCUT2D eigenvalue weighted by Gasteiger charge is -2.09. The maximum atomic E-state index is 11.2. The van der Waals surface area contributed by atoms with E-state index in [2.05, 4.69) is 0 Å². The van der Waals surface area contributed by atoms with Gasteiger partial charge in [0.05, 0.1) is 6.61 Å². The molecule has 12 heavy (non-hydrogen) atoms. The van der Waals surface area contributed by atoms with Crippen LogP contribution in [-0.2, 0) is 14.3 Å². The van der Waals surface area contributed by atoms with Gasteiger partial charge in [-0.25, -0.2) is 4.79 Å². The number of hydrogen-bond acceptors (Lipinski definition) is 3. The zero-order valence-electron chi connectivity index (χ0n) is 8.09. The zero-order valence-corrected chi connectivity index (χ0v) is 8.09.